The first-order valence-corrected chi connectivity index (χ1v) is 31.1. The zero-order valence-electron chi connectivity index (χ0n) is 44.7. The lowest BCUT2D eigenvalue weighted by atomic mass is 9.87. The van der Waals surface area contributed by atoms with Gasteiger partial charge in [-0.25, -0.2) is 18.2 Å². The van der Waals surface area contributed by atoms with Gasteiger partial charge in [-0.1, -0.05) is 125 Å². The van der Waals surface area contributed by atoms with E-state index in [1.54, 1.807) is 6.07 Å². The van der Waals surface area contributed by atoms with E-state index in [0.717, 1.165) is 37.8 Å². The quantitative estimate of drug-likeness (QED) is 0.0709. The fourth-order valence-corrected chi connectivity index (χ4v) is 24.1. The molecular weight excluding hydrogens is 944 g/mol. The lowest BCUT2D eigenvalue weighted by Gasteiger charge is -2.43. The zero-order valence-corrected chi connectivity index (χ0v) is 46.7. The summed E-state index contributed by atoms with van der Waals surface area (Å²) >= 11 is 0. The summed E-state index contributed by atoms with van der Waals surface area (Å²) < 4.78 is 77.3. The molecule has 1 saturated carbocycles. The SMILES string of the molecule is CC(C)[Si](C#Cc1c(F)ccc2cc(O[Si](C(C)C)(C(C)C)C(C)C)cc(-c3nc4c5c(nc(OC[C@@]67CCCN6C[C@H](F)C7)nc5c3F)N(C3CC(OCc5ccccc5)C3)CCO4)c12)(C(C)C)C(C)C. The summed E-state index contributed by atoms with van der Waals surface area (Å²) in [4.78, 5) is 19.4. The highest BCUT2D eigenvalue weighted by atomic mass is 28.4. The molecule has 386 valence electrons. The molecule has 0 bridgehead atoms. The van der Waals surface area contributed by atoms with Crippen molar-refractivity contribution in [2.24, 2.45) is 0 Å². The fraction of sp³-hybridized carbons (Fsp3) is 0.569. The van der Waals surface area contributed by atoms with Crippen molar-refractivity contribution >= 4 is 43.9 Å². The molecule has 2 aromatic heterocycles. The number of ether oxygens (including phenoxy) is 3. The molecule has 4 aliphatic rings. The summed E-state index contributed by atoms with van der Waals surface area (Å²) in [6, 6.07) is 17.2. The number of rotatable bonds is 16. The Labute approximate surface area is 428 Å². The average Bonchev–Trinajstić information content (AvgIpc) is 3.78. The number of hydrogen-bond donors (Lipinski definition) is 0. The van der Waals surface area contributed by atoms with Crippen molar-refractivity contribution in [1.29, 1.82) is 0 Å². The number of aromatic nitrogens is 3. The van der Waals surface area contributed by atoms with Gasteiger partial charge in [-0.2, -0.15) is 9.97 Å². The number of halogens is 3. The highest BCUT2D eigenvalue weighted by Crippen LogP contribution is 2.49. The smallest absolute Gasteiger partial charge is 0.319 e. The van der Waals surface area contributed by atoms with Gasteiger partial charge in [0.1, 0.15) is 61.4 Å². The molecule has 3 aliphatic heterocycles. The molecule has 5 heterocycles. The molecule has 3 aromatic carbocycles. The number of hydrogen-bond acceptors (Lipinski definition) is 9. The minimum Gasteiger partial charge on any atom is -0.543 e. The average molecular weight is 1020 g/mol. The summed E-state index contributed by atoms with van der Waals surface area (Å²) in [6.07, 6.45) is 2.67. The van der Waals surface area contributed by atoms with Gasteiger partial charge in [0, 0.05) is 30.0 Å². The topological polar surface area (TPSA) is 82.1 Å². The molecule has 9 rings (SSSR count). The molecule has 9 nitrogen and oxygen atoms in total. The van der Waals surface area contributed by atoms with Crippen LogP contribution in [0.2, 0.25) is 33.2 Å². The summed E-state index contributed by atoms with van der Waals surface area (Å²) in [5.74, 6) is 3.47. The fourth-order valence-electron chi connectivity index (χ4n) is 13.7. The number of anilines is 1. The Kier molecular flexibility index (Phi) is 14.9. The maximum Gasteiger partial charge on any atom is 0.319 e. The molecular formula is C58H76F3N5O4Si2. The van der Waals surface area contributed by atoms with Crippen LogP contribution in [0.5, 0.6) is 17.6 Å². The highest BCUT2D eigenvalue weighted by Gasteiger charge is 2.50. The third kappa shape index (κ3) is 9.31. The lowest BCUT2D eigenvalue weighted by Crippen LogP contribution is -2.50. The first-order valence-electron chi connectivity index (χ1n) is 26.8. The third-order valence-corrected chi connectivity index (χ3v) is 29.5. The van der Waals surface area contributed by atoms with Crippen LogP contribution < -0.4 is 18.8 Å². The molecule has 0 amide bonds. The third-order valence-electron chi connectivity index (χ3n) is 17.2. The molecule has 0 unspecified atom stereocenters. The summed E-state index contributed by atoms with van der Waals surface area (Å²) in [7, 11) is -4.93. The first-order chi connectivity index (χ1) is 34.3. The minimum atomic E-state index is -2.56. The van der Waals surface area contributed by atoms with Gasteiger partial charge in [0.15, 0.2) is 5.82 Å². The molecule has 0 spiro atoms. The van der Waals surface area contributed by atoms with E-state index in [1.165, 1.54) is 6.07 Å². The number of pyridine rings is 1. The second-order valence-electron chi connectivity index (χ2n) is 23.1. The van der Waals surface area contributed by atoms with Gasteiger partial charge in [0.05, 0.1) is 30.4 Å². The van der Waals surface area contributed by atoms with E-state index >= 15 is 13.2 Å². The van der Waals surface area contributed by atoms with Crippen LogP contribution in [-0.4, -0.2) is 92.9 Å². The summed E-state index contributed by atoms with van der Waals surface area (Å²) in [6.45, 7) is 29.4. The van der Waals surface area contributed by atoms with Crippen LogP contribution in [0, 0.1) is 23.1 Å². The Morgan fingerprint density at radius 2 is 1.51 bits per heavy atom. The van der Waals surface area contributed by atoms with Crippen LogP contribution in [0.4, 0.5) is 19.0 Å². The highest BCUT2D eigenvalue weighted by molar-refractivity contribution is 6.90. The van der Waals surface area contributed by atoms with Gasteiger partial charge in [-0.15, -0.1) is 5.54 Å². The largest absolute Gasteiger partial charge is 0.543 e. The van der Waals surface area contributed by atoms with Crippen molar-refractivity contribution < 1.29 is 31.8 Å². The minimum absolute atomic E-state index is 0.00427. The van der Waals surface area contributed by atoms with E-state index in [9.17, 15) is 0 Å². The molecule has 2 atom stereocenters. The standard InChI is InChI=1S/C58H76F3N5O4Si2/c1-35(2)71(36(3)4,37(5)6)26-21-47-49(60)20-19-42-27-46(70-72(38(7)8,39(9)10)40(11)12)30-48(50(42)47)53-52(61)54-51-55(64-57(63-54)69-34-58-22-16-23-65(58)32-43(59)31-58)66(24-25-67-56(51)62-53)44-28-45(29-44)68-33-41-17-14-13-15-18-41/h13-15,17-20,27,30,35-40,43-45H,16,22-25,28-29,31-34H2,1-12H3/t43-,44?,45?,58+/m1/s1. The van der Waals surface area contributed by atoms with Crippen molar-refractivity contribution in [1.82, 2.24) is 19.9 Å². The second-order valence-corrected chi connectivity index (χ2v) is 34.1. The summed E-state index contributed by atoms with van der Waals surface area (Å²) in [5.41, 5.74) is 6.53. The summed E-state index contributed by atoms with van der Waals surface area (Å²) in [5, 5.41) is 1.47. The van der Waals surface area contributed by atoms with Crippen molar-refractivity contribution in [3.05, 3.63) is 77.4 Å². The van der Waals surface area contributed by atoms with E-state index in [4.69, 9.17) is 33.6 Å². The molecule has 1 aliphatic carbocycles. The molecule has 72 heavy (non-hydrogen) atoms. The van der Waals surface area contributed by atoms with Gasteiger partial charge >= 0.3 is 6.01 Å². The van der Waals surface area contributed by atoms with E-state index in [-0.39, 0.29) is 70.6 Å². The molecule has 0 N–H and O–H groups in total. The van der Waals surface area contributed by atoms with Crippen LogP contribution in [0.15, 0.2) is 54.6 Å². The maximum absolute atomic E-state index is 18.5. The predicted octanol–water partition coefficient (Wildman–Crippen LogP) is 14.1. The van der Waals surface area contributed by atoms with Crippen LogP contribution in [0.3, 0.4) is 0 Å². The monoisotopic (exact) mass is 1020 g/mol. The number of fused-ring (bicyclic) bond motifs is 2. The van der Waals surface area contributed by atoms with Crippen LogP contribution in [0.25, 0.3) is 32.9 Å². The van der Waals surface area contributed by atoms with Crippen molar-refractivity contribution in [3.8, 4) is 40.4 Å². The van der Waals surface area contributed by atoms with Gasteiger partial charge in [-0.05, 0) is 94.6 Å². The first kappa shape index (κ1) is 52.2. The molecule has 2 saturated heterocycles. The molecule has 5 aromatic rings. The van der Waals surface area contributed by atoms with Crippen molar-refractivity contribution in [3.63, 3.8) is 0 Å². The van der Waals surface area contributed by atoms with Crippen molar-refractivity contribution in [2.75, 3.05) is 37.7 Å². The Hall–Kier alpha value is -4.69. The number of benzene rings is 3. The lowest BCUT2D eigenvalue weighted by molar-refractivity contribution is -0.0209. The van der Waals surface area contributed by atoms with Crippen LogP contribution >= 0.6 is 0 Å². The molecule has 0 radical (unpaired) electrons. The van der Waals surface area contributed by atoms with Gasteiger partial charge in [0.25, 0.3) is 8.32 Å². The maximum atomic E-state index is 18.5. The van der Waals surface area contributed by atoms with Gasteiger partial charge in [-0.3, -0.25) is 4.90 Å². The van der Waals surface area contributed by atoms with E-state index in [2.05, 4.69) is 116 Å². The number of alkyl halides is 1. The Bertz CT molecular complexity index is 2800. The second kappa shape index (κ2) is 20.6. The van der Waals surface area contributed by atoms with Gasteiger partial charge in [0.2, 0.25) is 5.88 Å². The van der Waals surface area contributed by atoms with E-state index in [0.29, 0.717) is 76.0 Å². The zero-order chi connectivity index (χ0) is 51.4. The number of nitrogens with zero attached hydrogens (tertiary/aromatic N) is 5. The van der Waals surface area contributed by atoms with Crippen LogP contribution in [-0.2, 0) is 11.3 Å². The van der Waals surface area contributed by atoms with Gasteiger partial charge < -0.3 is 23.5 Å². The van der Waals surface area contributed by atoms with E-state index < -0.39 is 39.7 Å². The predicted molar refractivity (Wildman–Crippen MR) is 289 cm³/mol. The molecule has 3 fully saturated rings. The molecule has 14 heteroatoms. The Balaban J connectivity index is 1.24. The van der Waals surface area contributed by atoms with Crippen molar-refractivity contribution in [2.45, 2.75) is 179 Å². The normalized spacial score (nSPS) is 21.5. The van der Waals surface area contributed by atoms with E-state index in [1.807, 2.05) is 30.3 Å². The Morgan fingerprint density at radius 1 is 0.819 bits per heavy atom. The Morgan fingerprint density at radius 3 is 2.18 bits per heavy atom. The van der Waals surface area contributed by atoms with Crippen LogP contribution in [0.1, 0.15) is 126 Å².